The van der Waals surface area contributed by atoms with Gasteiger partial charge < -0.3 is 23.7 Å². The number of rotatable bonds is 15. The highest BCUT2D eigenvalue weighted by molar-refractivity contribution is 5.82. The van der Waals surface area contributed by atoms with Crippen LogP contribution in [0.4, 0.5) is 0 Å². The molecule has 1 aromatic rings. The Bertz CT molecular complexity index is 623. The first kappa shape index (κ1) is 27.3. The van der Waals surface area contributed by atoms with Crippen LogP contribution in [-0.2, 0) is 35.1 Å². The number of methoxy groups -OCH3 is 1. The molecule has 6 nitrogen and oxygen atoms in total. The van der Waals surface area contributed by atoms with Crippen molar-refractivity contribution in [1.82, 2.24) is 0 Å². The Balaban J connectivity index is 2.57. The fourth-order valence-electron chi connectivity index (χ4n) is 3.17. The molecule has 31 heavy (non-hydrogen) atoms. The lowest BCUT2D eigenvalue weighted by Crippen LogP contribution is -2.31. The summed E-state index contributed by atoms with van der Waals surface area (Å²) in [4.78, 5) is 11.9. The van der Waals surface area contributed by atoms with Crippen LogP contribution >= 0.6 is 0 Å². The maximum atomic E-state index is 11.9. The van der Waals surface area contributed by atoms with Crippen molar-refractivity contribution in [3.8, 4) is 0 Å². The van der Waals surface area contributed by atoms with Crippen molar-refractivity contribution >= 4 is 5.97 Å². The van der Waals surface area contributed by atoms with E-state index < -0.39 is 5.60 Å². The van der Waals surface area contributed by atoms with Gasteiger partial charge in [0.05, 0.1) is 12.7 Å². The summed E-state index contributed by atoms with van der Waals surface area (Å²) in [6, 6.07) is 10.0. The second-order valence-corrected chi connectivity index (χ2v) is 8.81. The first-order chi connectivity index (χ1) is 14.7. The third-order valence-electron chi connectivity index (χ3n) is 4.66. The van der Waals surface area contributed by atoms with Gasteiger partial charge in [0.15, 0.2) is 0 Å². The molecule has 0 spiro atoms. The predicted molar refractivity (Wildman–Crippen MR) is 121 cm³/mol. The molecule has 0 N–H and O–H groups in total. The Kier molecular flexibility index (Phi) is 13.3. The van der Waals surface area contributed by atoms with Gasteiger partial charge in [-0.3, -0.25) is 0 Å². The van der Waals surface area contributed by atoms with Gasteiger partial charge in [0.2, 0.25) is 0 Å². The van der Waals surface area contributed by atoms with E-state index >= 15 is 0 Å². The minimum atomic E-state index is -0.495. The summed E-state index contributed by atoms with van der Waals surface area (Å²) in [6.45, 7) is 11.4. The molecule has 0 bridgehead atoms. The van der Waals surface area contributed by atoms with Crippen LogP contribution in [-0.4, -0.2) is 45.0 Å². The molecule has 0 fully saturated rings. The van der Waals surface area contributed by atoms with Gasteiger partial charge in [-0.15, -0.1) is 0 Å². The minimum Gasteiger partial charge on any atom is -0.457 e. The fourth-order valence-corrected chi connectivity index (χ4v) is 3.17. The van der Waals surface area contributed by atoms with E-state index in [1.165, 1.54) is 6.08 Å². The predicted octanol–water partition coefficient (Wildman–Crippen LogP) is 5.12. The smallest absolute Gasteiger partial charge is 0.330 e. The SMILES string of the molecule is COCOCC[C@H](C)[C@H](OCOCc1ccccc1)[C@H](C)C/C=C/C(=O)OC(C)(C)C. The second-order valence-electron chi connectivity index (χ2n) is 8.81. The largest absolute Gasteiger partial charge is 0.457 e. The maximum absolute atomic E-state index is 11.9. The van der Waals surface area contributed by atoms with Crippen molar-refractivity contribution in [3.63, 3.8) is 0 Å². The number of benzene rings is 1. The van der Waals surface area contributed by atoms with Gasteiger partial charge in [-0.25, -0.2) is 4.79 Å². The first-order valence-corrected chi connectivity index (χ1v) is 10.9. The van der Waals surface area contributed by atoms with E-state index in [9.17, 15) is 4.79 Å². The van der Waals surface area contributed by atoms with E-state index in [1.54, 1.807) is 7.11 Å². The zero-order valence-electron chi connectivity index (χ0n) is 20.0. The first-order valence-electron chi connectivity index (χ1n) is 10.9. The summed E-state index contributed by atoms with van der Waals surface area (Å²) < 4.78 is 27.5. The molecule has 0 aliphatic rings. The standard InChI is InChI=1S/C25H40O6/c1-20(11-10-14-23(26)31-25(3,4)5)24(21(2)15-16-28-18-27-6)30-19-29-17-22-12-8-7-9-13-22/h7-10,12-14,20-21,24H,11,15-19H2,1-6H3/b14-10+/t20-,21+,24-/m1/s1. The fraction of sp³-hybridized carbons (Fsp3) is 0.640. The summed E-state index contributed by atoms with van der Waals surface area (Å²) in [5.41, 5.74) is 0.614. The Morgan fingerprint density at radius 2 is 1.74 bits per heavy atom. The molecule has 0 aliphatic heterocycles. The van der Waals surface area contributed by atoms with E-state index in [-0.39, 0.29) is 37.5 Å². The normalized spacial score (nSPS) is 15.0. The molecule has 0 amide bonds. The number of hydrogen-bond donors (Lipinski definition) is 0. The highest BCUT2D eigenvalue weighted by Gasteiger charge is 2.24. The average molecular weight is 437 g/mol. The van der Waals surface area contributed by atoms with Gasteiger partial charge in [0.1, 0.15) is 19.2 Å². The van der Waals surface area contributed by atoms with Gasteiger partial charge in [0.25, 0.3) is 0 Å². The van der Waals surface area contributed by atoms with Crippen molar-refractivity contribution in [1.29, 1.82) is 0 Å². The van der Waals surface area contributed by atoms with Crippen LogP contribution in [0.3, 0.4) is 0 Å². The lowest BCUT2D eigenvalue weighted by atomic mass is 9.89. The third kappa shape index (κ3) is 13.3. The van der Waals surface area contributed by atoms with Crippen LogP contribution in [0.25, 0.3) is 0 Å². The van der Waals surface area contributed by atoms with Gasteiger partial charge >= 0.3 is 5.97 Å². The second kappa shape index (κ2) is 15.1. The molecular weight excluding hydrogens is 396 g/mol. The summed E-state index contributed by atoms with van der Waals surface area (Å²) >= 11 is 0. The molecule has 1 rings (SSSR count). The average Bonchev–Trinajstić information content (AvgIpc) is 2.70. The van der Waals surface area contributed by atoms with Crippen LogP contribution in [0, 0.1) is 11.8 Å². The van der Waals surface area contributed by atoms with Crippen LogP contribution in [0.15, 0.2) is 42.5 Å². The van der Waals surface area contributed by atoms with E-state index in [1.807, 2.05) is 57.2 Å². The molecular formula is C25H40O6. The van der Waals surface area contributed by atoms with Crippen molar-refractivity contribution in [3.05, 3.63) is 48.0 Å². The summed E-state index contributed by atoms with van der Waals surface area (Å²) in [5, 5.41) is 0. The molecule has 0 saturated heterocycles. The zero-order chi connectivity index (χ0) is 23.1. The number of carbonyl (C=O) groups excluding carboxylic acids is 1. The van der Waals surface area contributed by atoms with E-state index in [4.69, 9.17) is 23.7 Å². The van der Waals surface area contributed by atoms with E-state index in [0.717, 1.165) is 12.0 Å². The Morgan fingerprint density at radius 3 is 2.39 bits per heavy atom. The summed E-state index contributed by atoms with van der Waals surface area (Å²) in [7, 11) is 1.61. The van der Waals surface area contributed by atoms with Crippen LogP contribution in [0.5, 0.6) is 0 Å². The van der Waals surface area contributed by atoms with E-state index in [0.29, 0.717) is 19.6 Å². The van der Waals surface area contributed by atoms with Gasteiger partial charge in [-0.2, -0.15) is 0 Å². The summed E-state index contributed by atoms with van der Waals surface area (Å²) in [6.07, 6.45) is 4.86. The van der Waals surface area contributed by atoms with Gasteiger partial charge in [0, 0.05) is 19.8 Å². The number of allylic oxidation sites excluding steroid dienone is 1. The third-order valence-corrected chi connectivity index (χ3v) is 4.66. The monoisotopic (exact) mass is 436 g/mol. The molecule has 6 heteroatoms. The molecule has 0 unspecified atom stereocenters. The van der Waals surface area contributed by atoms with Gasteiger partial charge in [-0.05, 0) is 51.0 Å². The molecule has 0 radical (unpaired) electrons. The molecule has 0 aromatic heterocycles. The molecule has 1 aromatic carbocycles. The van der Waals surface area contributed by atoms with Crippen LogP contribution in [0.2, 0.25) is 0 Å². The number of esters is 1. The van der Waals surface area contributed by atoms with Crippen LogP contribution < -0.4 is 0 Å². The Morgan fingerprint density at radius 1 is 1.03 bits per heavy atom. The maximum Gasteiger partial charge on any atom is 0.330 e. The highest BCUT2D eigenvalue weighted by Crippen LogP contribution is 2.23. The van der Waals surface area contributed by atoms with Crippen molar-refractivity contribution < 1.29 is 28.5 Å². The topological polar surface area (TPSA) is 63.2 Å². The number of hydrogen-bond acceptors (Lipinski definition) is 6. The quantitative estimate of drug-likeness (QED) is 0.165. The zero-order valence-corrected chi connectivity index (χ0v) is 20.0. The minimum absolute atomic E-state index is 0.0368. The highest BCUT2D eigenvalue weighted by atomic mass is 16.7. The Hall–Kier alpha value is -1.73. The van der Waals surface area contributed by atoms with Crippen LogP contribution in [0.1, 0.15) is 53.0 Å². The van der Waals surface area contributed by atoms with Gasteiger partial charge in [-0.1, -0.05) is 50.3 Å². The molecule has 0 heterocycles. The Labute approximate surface area is 187 Å². The van der Waals surface area contributed by atoms with Crippen molar-refractivity contribution in [2.45, 2.75) is 65.8 Å². The number of ether oxygens (including phenoxy) is 5. The van der Waals surface area contributed by atoms with Crippen molar-refractivity contribution in [2.24, 2.45) is 11.8 Å². The molecule has 0 aliphatic carbocycles. The molecule has 0 saturated carbocycles. The summed E-state index contributed by atoms with van der Waals surface area (Å²) in [5.74, 6) is 0.114. The lowest BCUT2D eigenvalue weighted by Gasteiger charge is -2.29. The van der Waals surface area contributed by atoms with Crippen molar-refractivity contribution in [2.75, 3.05) is 27.3 Å². The van der Waals surface area contributed by atoms with E-state index in [2.05, 4.69) is 13.8 Å². The molecule has 3 atom stereocenters. The lowest BCUT2D eigenvalue weighted by molar-refractivity contribution is -0.148. The molecule has 176 valence electrons. The number of carbonyl (C=O) groups is 1.